The van der Waals surface area contributed by atoms with E-state index >= 15 is 0 Å². The Hall–Kier alpha value is -1.88. The molecule has 2 saturated heterocycles. The van der Waals surface area contributed by atoms with Crippen LogP contribution in [-0.4, -0.2) is 42.5 Å². The number of amides is 1. The van der Waals surface area contributed by atoms with Crippen molar-refractivity contribution in [2.24, 2.45) is 5.92 Å². The summed E-state index contributed by atoms with van der Waals surface area (Å²) in [7, 11) is 0. The average molecular weight is 302 g/mol. The van der Waals surface area contributed by atoms with Gasteiger partial charge in [-0.3, -0.25) is 14.5 Å². The number of esters is 1. The summed E-state index contributed by atoms with van der Waals surface area (Å²) in [6.45, 7) is 2.70. The van der Waals surface area contributed by atoms with Crippen LogP contribution >= 0.6 is 0 Å². The van der Waals surface area contributed by atoms with Crippen molar-refractivity contribution in [3.63, 3.8) is 0 Å². The maximum atomic E-state index is 12.2. The predicted molar refractivity (Wildman–Crippen MR) is 81.9 cm³/mol. The highest BCUT2D eigenvalue weighted by molar-refractivity contribution is 5.79. The summed E-state index contributed by atoms with van der Waals surface area (Å²) in [5.41, 5.74) is 1.11. The number of carbonyl (C=O) groups excluding carboxylic acids is 2. The molecule has 2 aliphatic rings. The standard InChI is InChI=1S/C17H22N2O3/c20-16(18-12-13-4-2-1-3-5-13)14-6-9-19(10-7-14)15-8-11-22-17(15)21/h1-5,14-15H,6-12H2,(H,18,20)/t15-/m1/s1. The van der Waals surface area contributed by atoms with Gasteiger partial charge in [0.1, 0.15) is 6.04 Å². The Labute approximate surface area is 130 Å². The first-order valence-electron chi connectivity index (χ1n) is 7.96. The molecule has 2 heterocycles. The molecule has 1 atom stereocenters. The van der Waals surface area contributed by atoms with Gasteiger partial charge in [-0.25, -0.2) is 0 Å². The Morgan fingerprint density at radius 2 is 1.91 bits per heavy atom. The summed E-state index contributed by atoms with van der Waals surface area (Å²) in [6.07, 6.45) is 2.40. The Kier molecular flexibility index (Phi) is 4.73. The van der Waals surface area contributed by atoms with Crippen LogP contribution in [0.1, 0.15) is 24.8 Å². The summed E-state index contributed by atoms with van der Waals surface area (Å²) >= 11 is 0. The Balaban J connectivity index is 1.44. The van der Waals surface area contributed by atoms with Crippen LogP contribution in [0.4, 0.5) is 0 Å². The van der Waals surface area contributed by atoms with Crippen molar-refractivity contribution in [1.82, 2.24) is 10.2 Å². The monoisotopic (exact) mass is 302 g/mol. The second-order valence-electron chi connectivity index (χ2n) is 5.99. The Morgan fingerprint density at radius 1 is 1.18 bits per heavy atom. The number of carbonyl (C=O) groups is 2. The smallest absolute Gasteiger partial charge is 0.323 e. The second kappa shape index (κ2) is 6.92. The van der Waals surface area contributed by atoms with Crippen molar-refractivity contribution in [2.75, 3.05) is 19.7 Å². The van der Waals surface area contributed by atoms with Gasteiger partial charge in [0.2, 0.25) is 5.91 Å². The normalized spacial score (nSPS) is 23.3. The lowest BCUT2D eigenvalue weighted by Gasteiger charge is -2.33. The van der Waals surface area contributed by atoms with Gasteiger partial charge in [-0.1, -0.05) is 30.3 Å². The molecular formula is C17H22N2O3. The number of likely N-dealkylation sites (tertiary alicyclic amines) is 1. The highest BCUT2D eigenvalue weighted by atomic mass is 16.5. The molecular weight excluding hydrogens is 280 g/mol. The molecule has 22 heavy (non-hydrogen) atoms. The van der Waals surface area contributed by atoms with Crippen molar-refractivity contribution in [3.05, 3.63) is 35.9 Å². The number of nitrogens with zero attached hydrogens (tertiary/aromatic N) is 1. The van der Waals surface area contributed by atoms with E-state index in [9.17, 15) is 9.59 Å². The van der Waals surface area contributed by atoms with E-state index in [0.29, 0.717) is 13.2 Å². The number of ether oxygens (including phenoxy) is 1. The van der Waals surface area contributed by atoms with E-state index in [1.54, 1.807) is 0 Å². The van der Waals surface area contributed by atoms with Crippen LogP contribution in [0.2, 0.25) is 0 Å². The molecule has 0 aliphatic carbocycles. The first kappa shape index (κ1) is 15.0. The van der Waals surface area contributed by atoms with Gasteiger partial charge in [0.05, 0.1) is 6.61 Å². The molecule has 2 fully saturated rings. The van der Waals surface area contributed by atoms with Crippen molar-refractivity contribution < 1.29 is 14.3 Å². The number of benzene rings is 1. The lowest BCUT2D eigenvalue weighted by Crippen LogP contribution is -2.46. The number of cyclic esters (lactones) is 1. The molecule has 0 bridgehead atoms. The van der Waals surface area contributed by atoms with Crippen LogP contribution in [0.25, 0.3) is 0 Å². The van der Waals surface area contributed by atoms with Gasteiger partial charge in [0.15, 0.2) is 0 Å². The third-order valence-electron chi connectivity index (χ3n) is 4.56. The summed E-state index contributed by atoms with van der Waals surface area (Å²) in [4.78, 5) is 26.0. The fraction of sp³-hybridized carbons (Fsp3) is 0.529. The zero-order valence-corrected chi connectivity index (χ0v) is 12.7. The molecule has 0 spiro atoms. The third-order valence-corrected chi connectivity index (χ3v) is 4.56. The van der Waals surface area contributed by atoms with Crippen LogP contribution in [-0.2, 0) is 20.9 Å². The van der Waals surface area contributed by atoms with E-state index in [4.69, 9.17) is 4.74 Å². The van der Waals surface area contributed by atoms with Gasteiger partial charge < -0.3 is 10.1 Å². The highest BCUT2D eigenvalue weighted by Gasteiger charge is 2.35. The van der Waals surface area contributed by atoms with Crippen LogP contribution in [0.15, 0.2) is 30.3 Å². The fourth-order valence-corrected chi connectivity index (χ4v) is 3.22. The van der Waals surface area contributed by atoms with Crippen molar-refractivity contribution in [2.45, 2.75) is 31.8 Å². The lowest BCUT2D eigenvalue weighted by molar-refractivity contribution is -0.142. The number of piperidine rings is 1. The minimum atomic E-state index is -0.105. The van der Waals surface area contributed by atoms with Crippen LogP contribution in [0.5, 0.6) is 0 Å². The van der Waals surface area contributed by atoms with Crippen molar-refractivity contribution in [3.8, 4) is 0 Å². The molecule has 1 N–H and O–H groups in total. The molecule has 5 nitrogen and oxygen atoms in total. The maximum absolute atomic E-state index is 12.2. The van der Waals surface area contributed by atoms with Gasteiger partial charge in [-0.2, -0.15) is 0 Å². The van der Waals surface area contributed by atoms with Crippen molar-refractivity contribution >= 4 is 11.9 Å². The average Bonchev–Trinajstić information content (AvgIpc) is 3.00. The summed E-state index contributed by atoms with van der Waals surface area (Å²) in [5.74, 6) is 0.0712. The molecule has 0 aromatic heterocycles. The van der Waals surface area contributed by atoms with E-state index in [2.05, 4.69) is 10.2 Å². The predicted octanol–water partition coefficient (Wildman–Crippen LogP) is 1.33. The van der Waals surface area contributed by atoms with Crippen LogP contribution in [0, 0.1) is 5.92 Å². The second-order valence-corrected chi connectivity index (χ2v) is 5.99. The number of hydrogen-bond acceptors (Lipinski definition) is 4. The molecule has 0 radical (unpaired) electrons. The molecule has 1 aromatic carbocycles. The zero-order valence-electron chi connectivity index (χ0n) is 12.7. The number of rotatable bonds is 4. The van der Waals surface area contributed by atoms with Gasteiger partial charge in [0, 0.05) is 18.9 Å². The molecule has 0 unspecified atom stereocenters. The number of hydrogen-bond donors (Lipinski definition) is 1. The van der Waals surface area contributed by atoms with E-state index in [1.807, 2.05) is 30.3 Å². The quantitative estimate of drug-likeness (QED) is 0.853. The molecule has 3 rings (SSSR count). The van der Waals surface area contributed by atoms with E-state index in [1.165, 1.54) is 0 Å². The minimum Gasteiger partial charge on any atom is -0.464 e. The van der Waals surface area contributed by atoms with Crippen LogP contribution < -0.4 is 5.32 Å². The highest BCUT2D eigenvalue weighted by Crippen LogP contribution is 2.23. The van der Waals surface area contributed by atoms with Gasteiger partial charge >= 0.3 is 5.97 Å². The number of nitrogens with one attached hydrogen (secondary N) is 1. The topological polar surface area (TPSA) is 58.6 Å². The van der Waals surface area contributed by atoms with E-state index < -0.39 is 0 Å². The van der Waals surface area contributed by atoms with Gasteiger partial charge in [0.25, 0.3) is 0 Å². The molecule has 2 aliphatic heterocycles. The summed E-state index contributed by atoms with van der Waals surface area (Å²) in [6, 6.07) is 9.84. The van der Waals surface area contributed by atoms with E-state index in [-0.39, 0.29) is 23.8 Å². The van der Waals surface area contributed by atoms with Crippen LogP contribution in [0.3, 0.4) is 0 Å². The minimum absolute atomic E-state index is 0.0531. The first-order chi connectivity index (χ1) is 10.7. The fourth-order valence-electron chi connectivity index (χ4n) is 3.22. The molecule has 1 aromatic rings. The molecule has 0 saturated carbocycles. The zero-order chi connectivity index (χ0) is 15.4. The third kappa shape index (κ3) is 3.47. The molecule has 5 heteroatoms. The lowest BCUT2D eigenvalue weighted by atomic mass is 9.94. The van der Waals surface area contributed by atoms with E-state index in [0.717, 1.165) is 37.9 Å². The Morgan fingerprint density at radius 3 is 2.55 bits per heavy atom. The summed E-state index contributed by atoms with van der Waals surface area (Å²) < 4.78 is 5.02. The van der Waals surface area contributed by atoms with Gasteiger partial charge in [-0.05, 0) is 31.5 Å². The van der Waals surface area contributed by atoms with Crippen molar-refractivity contribution in [1.29, 1.82) is 0 Å². The maximum Gasteiger partial charge on any atom is 0.323 e. The SMILES string of the molecule is O=C(NCc1ccccc1)C1CCN([C@@H]2CCOC2=O)CC1. The summed E-state index contributed by atoms with van der Waals surface area (Å²) in [5, 5.41) is 3.01. The largest absolute Gasteiger partial charge is 0.464 e. The molecule has 1 amide bonds. The van der Waals surface area contributed by atoms with Gasteiger partial charge in [-0.15, -0.1) is 0 Å². The Bertz CT molecular complexity index is 524. The molecule has 118 valence electrons. The first-order valence-corrected chi connectivity index (χ1v) is 7.96.